The molecule has 0 atom stereocenters. The maximum absolute atomic E-state index is 9.79. The van der Waals surface area contributed by atoms with Crippen LogP contribution in [0.25, 0.3) is 0 Å². The van der Waals surface area contributed by atoms with Gasteiger partial charge in [0.05, 0.1) is 19.8 Å². The predicted molar refractivity (Wildman–Crippen MR) is 66.7 cm³/mol. The summed E-state index contributed by atoms with van der Waals surface area (Å²) in [6.07, 6.45) is 0. The van der Waals surface area contributed by atoms with Crippen molar-refractivity contribution in [3.63, 3.8) is 0 Å². The second kappa shape index (κ2) is 7.64. The molecule has 0 bridgehead atoms. The summed E-state index contributed by atoms with van der Waals surface area (Å²) in [5.41, 5.74) is -0.708. The Morgan fingerprint density at radius 3 is 1.27 bits per heavy atom. The Bertz CT molecular complexity index is 179. The molecule has 8 heteroatoms. The third-order valence-electron chi connectivity index (χ3n) is 1.43. The van der Waals surface area contributed by atoms with E-state index in [-0.39, 0.29) is 19.8 Å². The zero-order valence-corrected chi connectivity index (χ0v) is 10.8. The van der Waals surface area contributed by atoms with Gasteiger partial charge in [0.25, 0.3) is 0 Å². The van der Waals surface area contributed by atoms with Gasteiger partial charge in [-0.05, 0) is 0 Å². The van der Waals surface area contributed by atoms with Crippen molar-refractivity contribution >= 4 is 43.9 Å². The number of aliphatic hydroxyl groups is 3. The molecule has 0 saturated carbocycles. The van der Waals surface area contributed by atoms with E-state index in [9.17, 15) is 4.79 Å². The monoisotopic (exact) mass is 276 g/mol. The van der Waals surface area contributed by atoms with Crippen LogP contribution in [-0.2, 0) is 4.79 Å². The minimum atomic E-state index is -1.50. The van der Waals surface area contributed by atoms with Crippen molar-refractivity contribution in [2.24, 2.45) is 5.41 Å². The molecule has 0 aromatic heterocycles. The Morgan fingerprint density at radius 2 is 1.27 bits per heavy atom. The van der Waals surface area contributed by atoms with Crippen LogP contribution in [0.4, 0.5) is 0 Å². The van der Waals surface area contributed by atoms with Gasteiger partial charge in [0.1, 0.15) is 0 Å². The van der Waals surface area contributed by atoms with Crippen LogP contribution in [0.5, 0.6) is 0 Å². The van der Waals surface area contributed by atoms with Crippen LogP contribution in [0, 0.1) is 5.41 Å². The standard InChI is InChI=1S/C5H12O3.C2H4O2S3/c1-5(2-6,3-7)4-8;3-1(4)2(5,6)7/h6-8H,2-4H2,1H3;5-7H,(H,3,4). The summed E-state index contributed by atoms with van der Waals surface area (Å²) in [7, 11) is 0. The van der Waals surface area contributed by atoms with Crippen LogP contribution >= 0.6 is 37.9 Å². The van der Waals surface area contributed by atoms with Gasteiger partial charge in [-0.15, -0.1) is 37.9 Å². The number of hydrogen-bond acceptors (Lipinski definition) is 7. The quantitative estimate of drug-likeness (QED) is 0.277. The van der Waals surface area contributed by atoms with Gasteiger partial charge in [-0.2, -0.15) is 0 Å². The summed E-state index contributed by atoms with van der Waals surface area (Å²) in [5, 5.41) is 33.4. The van der Waals surface area contributed by atoms with Crippen molar-refractivity contribution < 1.29 is 25.2 Å². The van der Waals surface area contributed by atoms with Gasteiger partial charge in [-0.1, -0.05) is 6.92 Å². The number of aliphatic carboxylic acids is 1. The number of carbonyl (C=O) groups is 1. The van der Waals surface area contributed by atoms with Gasteiger partial charge in [0.2, 0.25) is 0 Å². The fraction of sp³-hybridized carbons (Fsp3) is 0.857. The molecule has 92 valence electrons. The molecule has 0 rings (SSSR count). The molecule has 5 nitrogen and oxygen atoms in total. The van der Waals surface area contributed by atoms with Crippen LogP contribution in [-0.4, -0.2) is 49.6 Å². The van der Waals surface area contributed by atoms with Crippen molar-refractivity contribution in [3.8, 4) is 0 Å². The summed E-state index contributed by atoms with van der Waals surface area (Å²) in [6, 6.07) is 0. The van der Waals surface area contributed by atoms with Crippen LogP contribution in [0.1, 0.15) is 6.92 Å². The van der Waals surface area contributed by atoms with E-state index in [0.29, 0.717) is 0 Å². The Hall–Kier alpha value is 0.400. The summed E-state index contributed by atoms with van der Waals surface area (Å²) in [5.74, 6) is -1.16. The molecule has 4 N–H and O–H groups in total. The second-order valence-electron chi connectivity index (χ2n) is 3.23. The fourth-order valence-corrected chi connectivity index (χ4v) is 0.150. The first kappa shape index (κ1) is 17.8. The molecular weight excluding hydrogens is 260 g/mol. The van der Waals surface area contributed by atoms with Crippen molar-refractivity contribution in [1.82, 2.24) is 0 Å². The zero-order valence-electron chi connectivity index (χ0n) is 8.16. The molecule has 0 saturated heterocycles. The number of thiol groups is 3. The molecule has 0 aromatic rings. The summed E-state index contributed by atoms with van der Waals surface area (Å²) in [4.78, 5) is 9.79. The largest absolute Gasteiger partial charge is 0.479 e. The van der Waals surface area contributed by atoms with Gasteiger partial charge in [-0.3, -0.25) is 0 Å². The maximum atomic E-state index is 9.79. The normalized spacial score (nSPS) is 11.7. The third kappa shape index (κ3) is 9.34. The van der Waals surface area contributed by atoms with Crippen molar-refractivity contribution in [2.45, 2.75) is 10.3 Å². The molecule has 0 aromatic carbocycles. The molecule has 0 aliphatic rings. The second-order valence-corrected chi connectivity index (χ2v) is 6.30. The highest BCUT2D eigenvalue weighted by atomic mass is 32.2. The highest BCUT2D eigenvalue weighted by molar-refractivity contribution is 8.18. The van der Waals surface area contributed by atoms with Crippen LogP contribution < -0.4 is 0 Å². The lowest BCUT2D eigenvalue weighted by atomic mass is 9.95. The Morgan fingerprint density at radius 1 is 1.07 bits per heavy atom. The third-order valence-corrected chi connectivity index (χ3v) is 2.01. The van der Waals surface area contributed by atoms with Crippen LogP contribution in [0.2, 0.25) is 0 Å². The van der Waals surface area contributed by atoms with E-state index in [0.717, 1.165) is 0 Å². The van der Waals surface area contributed by atoms with Gasteiger partial charge < -0.3 is 20.4 Å². The van der Waals surface area contributed by atoms with Gasteiger partial charge in [0.15, 0.2) is 3.41 Å². The molecule has 0 aliphatic carbocycles. The lowest BCUT2D eigenvalue weighted by Crippen LogP contribution is -2.29. The van der Waals surface area contributed by atoms with Gasteiger partial charge in [-0.25, -0.2) is 4.79 Å². The van der Waals surface area contributed by atoms with E-state index in [1.165, 1.54) is 0 Å². The van der Waals surface area contributed by atoms with Crippen molar-refractivity contribution in [3.05, 3.63) is 0 Å². The van der Waals surface area contributed by atoms with E-state index < -0.39 is 14.8 Å². The number of rotatable bonds is 4. The first-order chi connectivity index (χ1) is 6.63. The average molecular weight is 276 g/mol. The van der Waals surface area contributed by atoms with E-state index in [4.69, 9.17) is 20.4 Å². The molecule has 0 fully saturated rings. The SMILES string of the molecule is CC(CO)(CO)CO.O=C(O)C(S)(S)S. The summed E-state index contributed by atoms with van der Waals surface area (Å²) in [6.45, 7) is 1.06. The molecule has 0 aliphatic heterocycles. The number of carboxylic acid groups (broad SMARTS) is 1. The smallest absolute Gasteiger partial charge is 0.339 e. The average Bonchev–Trinajstić information content (AvgIpc) is 2.16. The van der Waals surface area contributed by atoms with Crippen molar-refractivity contribution in [2.75, 3.05) is 19.8 Å². The lowest BCUT2D eigenvalue weighted by molar-refractivity contribution is -0.135. The number of carboxylic acids is 1. The van der Waals surface area contributed by atoms with E-state index in [1.54, 1.807) is 6.92 Å². The molecule has 15 heavy (non-hydrogen) atoms. The summed E-state index contributed by atoms with van der Waals surface area (Å²) >= 11 is 10.4. The first-order valence-electron chi connectivity index (χ1n) is 3.86. The predicted octanol–water partition coefficient (Wildman–Crippen LogP) is -0.516. The minimum Gasteiger partial charge on any atom is -0.479 e. The first-order valence-corrected chi connectivity index (χ1v) is 5.20. The zero-order chi connectivity index (χ0) is 12.7. The molecular formula is C7H16O5S3. The summed E-state index contributed by atoms with van der Waals surface area (Å²) < 4.78 is -1.50. The molecule has 0 amide bonds. The Labute approximate surface area is 105 Å². The van der Waals surface area contributed by atoms with Crippen molar-refractivity contribution in [1.29, 1.82) is 0 Å². The van der Waals surface area contributed by atoms with E-state index >= 15 is 0 Å². The molecule has 0 heterocycles. The molecule has 0 unspecified atom stereocenters. The topological polar surface area (TPSA) is 98.0 Å². The highest BCUT2D eigenvalue weighted by Gasteiger charge is 2.23. The Balaban J connectivity index is 0. The minimum absolute atomic E-state index is 0.181. The Kier molecular flexibility index (Phi) is 9.05. The number of aliphatic hydroxyl groups excluding tert-OH is 3. The molecule has 0 spiro atoms. The lowest BCUT2D eigenvalue weighted by Gasteiger charge is -2.20. The fourth-order valence-electron chi connectivity index (χ4n) is 0.150. The van der Waals surface area contributed by atoms with Crippen LogP contribution in [0.3, 0.4) is 0 Å². The van der Waals surface area contributed by atoms with Gasteiger partial charge in [0, 0.05) is 5.41 Å². The maximum Gasteiger partial charge on any atom is 0.339 e. The van der Waals surface area contributed by atoms with Crippen LogP contribution in [0.15, 0.2) is 0 Å². The van der Waals surface area contributed by atoms with Gasteiger partial charge >= 0.3 is 5.97 Å². The van der Waals surface area contributed by atoms with E-state index in [2.05, 4.69) is 37.9 Å². The highest BCUT2D eigenvalue weighted by Crippen LogP contribution is 2.23. The van der Waals surface area contributed by atoms with E-state index in [1.807, 2.05) is 0 Å². The number of hydrogen-bond donors (Lipinski definition) is 7. The molecule has 0 radical (unpaired) electrons.